The molecule has 0 spiro atoms. The van der Waals surface area contributed by atoms with Gasteiger partial charge >= 0.3 is 0 Å². The summed E-state index contributed by atoms with van der Waals surface area (Å²) in [7, 11) is 0. The van der Waals surface area contributed by atoms with Crippen LogP contribution in [0.1, 0.15) is 34.5 Å². The molecule has 0 bridgehead atoms. The zero-order valence-electron chi connectivity index (χ0n) is 12.0. The van der Waals surface area contributed by atoms with Gasteiger partial charge in [-0.15, -0.1) is 0 Å². The van der Waals surface area contributed by atoms with Gasteiger partial charge in [-0.05, 0) is 54.2 Å². The molecule has 0 unspecified atom stereocenters. The lowest BCUT2D eigenvalue weighted by Gasteiger charge is -2.11. The molecule has 1 aliphatic rings. The predicted molar refractivity (Wildman–Crippen MR) is 81.9 cm³/mol. The highest BCUT2D eigenvalue weighted by Crippen LogP contribution is 2.21. The van der Waals surface area contributed by atoms with Crippen LogP contribution in [0.4, 0.5) is 5.69 Å². The minimum Gasteiger partial charge on any atom is -0.392 e. The number of nitrogens with one attached hydrogen (secondary N) is 1. The molecule has 1 aliphatic carbocycles. The van der Waals surface area contributed by atoms with E-state index in [-0.39, 0.29) is 13.2 Å². The number of anilines is 1. The van der Waals surface area contributed by atoms with Crippen molar-refractivity contribution in [2.75, 3.05) is 5.32 Å². The smallest absolute Gasteiger partial charge is 0.0686 e. The molecule has 0 aliphatic heterocycles. The summed E-state index contributed by atoms with van der Waals surface area (Å²) in [6, 6.07) is 9.88. The first-order valence-electron chi connectivity index (χ1n) is 7.35. The zero-order valence-corrected chi connectivity index (χ0v) is 12.0. The number of aliphatic hydroxyl groups is 2. The second-order valence-corrected chi connectivity index (χ2v) is 5.42. The maximum atomic E-state index is 9.31. The van der Waals surface area contributed by atoms with Crippen LogP contribution in [0.15, 0.2) is 30.3 Å². The predicted octanol–water partition coefficient (Wildman–Crippen LogP) is 2.17. The first-order chi connectivity index (χ1) is 10.3. The maximum Gasteiger partial charge on any atom is 0.0686 e. The van der Waals surface area contributed by atoms with Crippen molar-refractivity contribution < 1.29 is 10.2 Å². The third-order valence-corrected chi connectivity index (χ3v) is 4.01. The molecule has 1 heterocycles. The molecule has 0 saturated carbocycles. The molecule has 0 fully saturated rings. The third kappa shape index (κ3) is 3.06. The largest absolute Gasteiger partial charge is 0.392 e. The molecule has 0 saturated heterocycles. The van der Waals surface area contributed by atoms with E-state index in [4.69, 9.17) is 4.98 Å². The normalized spacial score (nSPS) is 13.2. The van der Waals surface area contributed by atoms with Gasteiger partial charge in [0.05, 0.1) is 25.5 Å². The zero-order chi connectivity index (χ0) is 14.7. The van der Waals surface area contributed by atoms with Gasteiger partial charge in [0.2, 0.25) is 0 Å². The average molecular weight is 284 g/mol. The Hall–Kier alpha value is -1.91. The van der Waals surface area contributed by atoms with Crippen molar-refractivity contribution in [3.05, 3.63) is 58.4 Å². The molecule has 1 aromatic heterocycles. The van der Waals surface area contributed by atoms with Gasteiger partial charge in [-0.3, -0.25) is 4.98 Å². The molecule has 0 atom stereocenters. The van der Waals surface area contributed by atoms with Crippen LogP contribution in [0.5, 0.6) is 0 Å². The van der Waals surface area contributed by atoms with E-state index in [0.29, 0.717) is 6.54 Å². The van der Waals surface area contributed by atoms with E-state index in [9.17, 15) is 10.2 Å². The maximum absolute atomic E-state index is 9.31. The highest BCUT2D eigenvalue weighted by molar-refractivity contribution is 5.48. The van der Waals surface area contributed by atoms with Crippen LogP contribution < -0.4 is 5.32 Å². The van der Waals surface area contributed by atoms with Gasteiger partial charge in [-0.1, -0.05) is 12.1 Å². The number of nitrogens with zero attached hydrogens (tertiary/aromatic N) is 1. The van der Waals surface area contributed by atoms with E-state index in [1.54, 1.807) is 0 Å². The van der Waals surface area contributed by atoms with Gasteiger partial charge in [0.25, 0.3) is 0 Å². The molecule has 2 aromatic rings. The van der Waals surface area contributed by atoms with E-state index in [0.717, 1.165) is 35.3 Å². The Morgan fingerprint density at radius 1 is 1.00 bits per heavy atom. The number of hydrogen-bond acceptors (Lipinski definition) is 4. The van der Waals surface area contributed by atoms with Crippen molar-refractivity contribution in [3.8, 4) is 0 Å². The first-order valence-corrected chi connectivity index (χ1v) is 7.35. The van der Waals surface area contributed by atoms with Crippen LogP contribution in [0.3, 0.4) is 0 Å². The second-order valence-electron chi connectivity index (χ2n) is 5.42. The topological polar surface area (TPSA) is 65.4 Å². The number of rotatable bonds is 5. The van der Waals surface area contributed by atoms with E-state index in [1.807, 2.05) is 18.2 Å². The van der Waals surface area contributed by atoms with E-state index < -0.39 is 0 Å². The van der Waals surface area contributed by atoms with Crippen LogP contribution in [0.2, 0.25) is 0 Å². The Balaban J connectivity index is 1.70. The standard InChI is InChI=1S/C17H20N2O2/c20-10-13-5-6-15(8-14(13)11-21)18-9-16-7-4-12-2-1-3-17(12)19-16/h4-8,18,20-21H,1-3,9-11H2. The summed E-state index contributed by atoms with van der Waals surface area (Å²) in [5, 5.41) is 21.8. The minimum absolute atomic E-state index is 0.0530. The monoisotopic (exact) mass is 284 g/mol. The van der Waals surface area contributed by atoms with Gasteiger partial charge in [0.15, 0.2) is 0 Å². The van der Waals surface area contributed by atoms with Crippen molar-refractivity contribution >= 4 is 5.69 Å². The summed E-state index contributed by atoms with van der Waals surface area (Å²) in [5.41, 5.74) is 6.10. The molecule has 21 heavy (non-hydrogen) atoms. The van der Waals surface area contributed by atoms with Crippen molar-refractivity contribution in [1.29, 1.82) is 0 Å². The lowest BCUT2D eigenvalue weighted by Crippen LogP contribution is -2.04. The SMILES string of the molecule is OCc1ccc(NCc2ccc3c(n2)CCC3)cc1CO. The lowest BCUT2D eigenvalue weighted by molar-refractivity contribution is 0.260. The molecule has 3 N–H and O–H groups in total. The molecule has 110 valence electrons. The second kappa shape index (κ2) is 6.24. The average Bonchev–Trinajstić information content (AvgIpc) is 3.00. The molecule has 4 nitrogen and oxygen atoms in total. The Bertz CT molecular complexity index is 641. The van der Waals surface area contributed by atoms with Crippen LogP contribution in [0.25, 0.3) is 0 Å². The van der Waals surface area contributed by atoms with Crippen LogP contribution in [0, 0.1) is 0 Å². The molecule has 3 rings (SSSR count). The van der Waals surface area contributed by atoms with E-state index >= 15 is 0 Å². The van der Waals surface area contributed by atoms with Crippen LogP contribution in [-0.2, 0) is 32.6 Å². The Kier molecular flexibility index (Phi) is 4.18. The third-order valence-electron chi connectivity index (χ3n) is 4.01. The van der Waals surface area contributed by atoms with Crippen molar-refractivity contribution in [3.63, 3.8) is 0 Å². The number of aryl methyl sites for hydroxylation is 2. The Morgan fingerprint density at radius 2 is 1.86 bits per heavy atom. The molecule has 0 radical (unpaired) electrons. The molecular weight excluding hydrogens is 264 g/mol. The molecule has 0 amide bonds. The van der Waals surface area contributed by atoms with Gasteiger partial charge < -0.3 is 15.5 Å². The van der Waals surface area contributed by atoms with Crippen LogP contribution >= 0.6 is 0 Å². The number of fused-ring (bicyclic) bond motifs is 1. The van der Waals surface area contributed by atoms with E-state index in [1.165, 1.54) is 17.7 Å². The number of hydrogen-bond donors (Lipinski definition) is 3. The number of benzene rings is 1. The Morgan fingerprint density at radius 3 is 2.67 bits per heavy atom. The Labute approximate surface area is 124 Å². The fraction of sp³-hybridized carbons (Fsp3) is 0.353. The van der Waals surface area contributed by atoms with Crippen molar-refractivity contribution in [2.45, 2.75) is 39.0 Å². The van der Waals surface area contributed by atoms with Gasteiger partial charge in [0, 0.05) is 11.4 Å². The summed E-state index contributed by atoms with van der Waals surface area (Å²) in [6.45, 7) is 0.543. The van der Waals surface area contributed by atoms with Crippen molar-refractivity contribution in [2.24, 2.45) is 0 Å². The summed E-state index contributed by atoms with van der Waals surface area (Å²) in [5.74, 6) is 0. The summed E-state index contributed by atoms with van der Waals surface area (Å²) in [4.78, 5) is 4.69. The van der Waals surface area contributed by atoms with E-state index in [2.05, 4.69) is 17.4 Å². The fourth-order valence-corrected chi connectivity index (χ4v) is 2.79. The molecule has 1 aromatic carbocycles. The summed E-state index contributed by atoms with van der Waals surface area (Å²) >= 11 is 0. The van der Waals surface area contributed by atoms with Crippen molar-refractivity contribution in [1.82, 2.24) is 4.98 Å². The quantitative estimate of drug-likeness (QED) is 0.787. The minimum atomic E-state index is -0.0670. The van der Waals surface area contributed by atoms with Gasteiger partial charge in [-0.2, -0.15) is 0 Å². The van der Waals surface area contributed by atoms with Gasteiger partial charge in [0.1, 0.15) is 0 Å². The lowest BCUT2D eigenvalue weighted by atomic mass is 10.1. The number of aromatic nitrogens is 1. The highest BCUT2D eigenvalue weighted by Gasteiger charge is 2.12. The summed E-state index contributed by atoms with van der Waals surface area (Å²) in [6.07, 6.45) is 3.45. The highest BCUT2D eigenvalue weighted by atomic mass is 16.3. The molecular formula is C17H20N2O2. The number of aliphatic hydroxyl groups excluding tert-OH is 2. The fourth-order valence-electron chi connectivity index (χ4n) is 2.79. The summed E-state index contributed by atoms with van der Waals surface area (Å²) < 4.78 is 0. The van der Waals surface area contributed by atoms with Gasteiger partial charge in [-0.25, -0.2) is 0 Å². The molecule has 4 heteroatoms. The van der Waals surface area contributed by atoms with Crippen LogP contribution in [-0.4, -0.2) is 15.2 Å². The first kappa shape index (κ1) is 14.0. The number of pyridine rings is 1.